The topological polar surface area (TPSA) is 87.0 Å². The molecular weight excluding hydrogens is 236 g/mol. The Morgan fingerprint density at radius 1 is 1.33 bits per heavy atom. The molecule has 98 valence electrons. The fourth-order valence-electron chi connectivity index (χ4n) is 1.97. The van der Waals surface area contributed by atoms with Gasteiger partial charge in [-0.05, 0) is 24.1 Å². The fourth-order valence-corrected chi connectivity index (χ4v) is 1.97. The second kappa shape index (κ2) is 5.48. The van der Waals surface area contributed by atoms with Crippen molar-refractivity contribution in [1.29, 1.82) is 0 Å². The fraction of sp³-hybridized carbons (Fsp3) is 0.462. The second-order valence-corrected chi connectivity index (χ2v) is 4.30. The summed E-state index contributed by atoms with van der Waals surface area (Å²) in [4.78, 5) is 11.6. The minimum Gasteiger partial charge on any atom is -0.492 e. The lowest BCUT2D eigenvalue weighted by molar-refractivity contribution is 0.00409. The number of ketones is 1. The van der Waals surface area contributed by atoms with Crippen LogP contribution in [0.2, 0.25) is 0 Å². The Bertz CT molecular complexity index is 443. The van der Waals surface area contributed by atoms with E-state index in [1.54, 1.807) is 18.2 Å². The van der Waals surface area contributed by atoms with E-state index in [9.17, 15) is 15.0 Å². The van der Waals surface area contributed by atoms with Crippen molar-refractivity contribution < 1.29 is 24.9 Å². The van der Waals surface area contributed by atoms with E-state index in [-0.39, 0.29) is 18.8 Å². The third-order valence-corrected chi connectivity index (χ3v) is 3.02. The second-order valence-electron chi connectivity index (χ2n) is 4.30. The van der Waals surface area contributed by atoms with Gasteiger partial charge in [0.25, 0.3) is 0 Å². The number of ether oxygens (including phenoxy) is 1. The van der Waals surface area contributed by atoms with Crippen LogP contribution in [0.1, 0.15) is 34.9 Å². The van der Waals surface area contributed by atoms with Crippen LogP contribution in [0.5, 0.6) is 5.75 Å². The summed E-state index contributed by atoms with van der Waals surface area (Å²) in [5, 5.41) is 28.2. The number of hydrogen-bond donors (Lipinski definition) is 3. The van der Waals surface area contributed by atoms with Crippen LogP contribution in [0, 0.1) is 0 Å². The molecule has 5 heteroatoms. The van der Waals surface area contributed by atoms with Crippen LogP contribution >= 0.6 is 0 Å². The third kappa shape index (κ3) is 2.53. The van der Waals surface area contributed by atoms with Gasteiger partial charge in [-0.2, -0.15) is 0 Å². The lowest BCUT2D eigenvalue weighted by Crippen LogP contribution is -2.21. The highest BCUT2D eigenvalue weighted by Gasteiger charge is 2.23. The molecule has 3 N–H and O–H groups in total. The molecule has 0 saturated carbocycles. The highest BCUT2D eigenvalue weighted by molar-refractivity contribution is 5.99. The van der Waals surface area contributed by atoms with E-state index in [4.69, 9.17) is 9.84 Å². The largest absolute Gasteiger partial charge is 0.492 e. The number of fused-ring (bicyclic) bond motifs is 1. The van der Waals surface area contributed by atoms with Crippen molar-refractivity contribution in [1.82, 2.24) is 0 Å². The minimum atomic E-state index is -1.09. The molecule has 1 aliphatic heterocycles. The van der Waals surface area contributed by atoms with Crippen molar-refractivity contribution in [2.75, 3.05) is 13.2 Å². The third-order valence-electron chi connectivity index (χ3n) is 3.02. The maximum absolute atomic E-state index is 11.6. The summed E-state index contributed by atoms with van der Waals surface area (Å²) in [6.07, 6.45) is -1.67. The van der Waals surface area contributed by atoms with Gasteiger partial charge in [0.05, 0.1) is 18.3 Å². The molecule has 0 amide bonds. The van der Waals surface area contributed by atoms with Gasteiger partial charge in [0, 0.05) is 13.0 Å². The zero-order valence-corrected chi connectivity index (χ0v) is 9.87. The number of benzene rings is 1. The molecule has 5 nitrogen and oxygen atoms in total. The quantitative estimate of drug-likeness (QED) is 0.723. The lowest BCUT2D eigenvalue weighted by atomic mass is 9.97. The number of Topliss-reactive ketones (excluding diaryl/α,β-unsaturated/α-hetero) is 1. The molecule has 0 saturated heterocycles. The average Bonchev–Trinajstić information content (AvgIpc) is 2.38. The standard InChI is InChI=1S/C13H16O5/c14-5-3-11(16)13(17)8-1-2-9-10(15)4-6-18-12(9)7-8/h1-2,7,11,13-14,16-17H,3-6H2. The van der Waals surface area contributed by atoms with Crippen molar-refractivity contribution in [3.63, 3.8) is 0 Å². The minimum absolute atomic E-state index is 0.0215. The molecule has 0 radical (unpaired) electrons. The SMILES string of the molecule is O=C1CCOc2cc(C(O)C(O)CCO)ccc21. The molecule has 0 aliphatic carbocycles. The summed E-state index contributed by atoms with van der Waals surface area (Å²) in [6.45, 7) is 0.142. The first-order chi connectivity index (χ1) is 8.63. The van der Waals surface area contributed by atoms with Crippen molar-refractivity contribution in [3.8, 4) is 5.75 Å². The predicted octanol–water partition coefficient (Wildman–Crippen LogP) is 0.429. The monoisotopic (exact) mass is 252 g/mol. The van der Waals surface area contributed by atoms with Gasteiger partial charge in [0.2, 0.25) is 0 Å². The van der Waals surface area contributed by atoms with Gasteiger partial charge in [-0.1, -0.05) is 6.07 Å². The van der Waals surface area contributed by atoms with Crippen LogP contribution in [0.25, 0.3) is 0 Å². The van der Waals surface area contributed by atoms with E-state index >= 15 is 0 Å². The normalized spacial score (nSPS) is 17.8. The molecule has 2 unspecified atom stereocenters. The van der Waals surface area contributed by atoms with Gasteiger partial charge < -0.3 is 20.1 Å². The van der Waals surface area contributed by atoms with Gasteiger partial charge >= 0.3 is 0 Å². The summed E-state index contributed by atoms with van der Waals surface area (Å²) < 4.78 is 5.36. The highest BCUT2D eigenvalue weighted by atomic mass is 16.5. The number of rotatable bonds is 4. The first-order valence-corrected chi connectivity index (χ1v) is 5.90. The molecule has 1 aromatic carbocycles. The molecule has 1 aliphatic rings. The van der Waals surface area contributed by atoms with Crippen LogP contribution in [0.3, 0.4) is 0 Å². The van der Waals surface area contributed by atoms with Crippen LogP contribution in [0.15, 0.2) is 18.2 Å². The Morgan fingerprint density at radius 3 is 2.83 bits per heavy atom. The molecule has 18 heavy (non-hydrogen) atoms. The van der Waals surface area contributed by atoms with Gasteiger partial charge in [-0.15, -0.1) is 0 Å². The van der Waals surface area contributed by atoms with Gasteiger partial charge in [0.15, 0.2) is 5.78 Å². The van der Waals surface area contributed by atoms with Gasteiger partial charge in [0.1, 0.15) is 11.9 Å². The van der Waals surface area contributed by atoms with Crippen molar-refractivity contribution in [2.45, 2.75) is 25.0 Å². The molecule has 2 atom stereocenters. The number of carbonyl (C=O) groups is 1. The number of aliphatic hydroxyl groups is 3. The molecule has 0 fully saturated rings. The predicted molar refractivity (Wildman–Crippen MR) is 63.6 cm³/mol. The summed E-state index contributed by atoms with van der Waals surface area (Å²) in [5.41, 5.74) is 0.984. The average molecular weight is 252 g/mol. The molecule has 0 aromatic heterocycles. The Kier molecular flexibility index (Phi) is 3.96. The lowest BCUT2D eigenvalue weighted by Gasteiger charge is -2.21. The highest BCUT2D eigenvalue weighted by Crippen LogP contribution is 2.29. The zero-order chi connectivity index (χ0) is 13.1. The molecule has 2 rings (SSSR count). The molecular formula is C13H16O5. The Labute approximate surface area is 105 Å². The van der Waals surface area contributed by atoms with E-state index in [1.165, 1.54) is 0 Å². The van der Waals surface area contributed by atoms with Crippen LogP contribution < -0.4 is 4.74 Å². The molecule has 0 spiro atoms. The van der Waals surface area contributed by atoms with E-state index in [0.29, 0.717) is 29.9 Å². The maximum Gasteiger partial charge on any atom is 0.169 e. The molecule has 1 aromatic rings. The summed E-state index contributed by atoms with van der Waals surface area (Å²) in [7, 11) is 0. The molecule has 0 bridgehead atoms. The van der Waals surface area contributed by atoms with E-state index < -0.39 is 12.2 Å². The number of hydrogen-bond acceptors (Lipinski definition) is 5. The molecule has 1 heterocycles. The number of carbonyl (C=O) groups excluding carboxylic acids is 1. The zero-order valence-electron chi connectivity index (χ0n) is 9.87. The summed E-state index contributed by atoms with van der Waals surface area (Å²) in [6, 6.07) is 4.76. The van der Waals surface area contributed by atoms with Crippen LogP contribution in [-0.4, -0.2) is 40.4 Å². The van der Waals surface area contributed by atoms with Gasteiger partial charge in [-0.25, -0.2) is 0 Å². The van der Waals surface area contributed by atoms with Crippen molar-refractivity contribution >= 4 is 5.78 Å². The Morgan fingerprint density at radius 2 is 2.11 bits per heavy atom. The van der Waals surface area contributed by atoms with E-state index in [0.717, 1.165) is 0 Å². The Hall–Kier alpha value is -1.43. The van der Waals surface area contributed by atoms with Crippen LogP contribution in [-0.2, 0) is 0 Å². The summed E-state index contributed by atoms with van der Waals surface area (Å²) >= 11 is 0. The van der Waals surface area contributed by atoms with Crippen molar-refractivity contribution in [2.24, 2.45) is 0 Å². The maximum atomic E-state index is 11.6. The van der Waals surface area contributed by atoms with Gasteiger partial charge in [-0.3, -0.25) is 4.79 Å². The van der Waals surface area contributed by atoms with Crippen LogP contribution in [0.4, 0.5) is 0 Å². The Balaban J connectivity index is 2.23. The first kappa shape index (κ1) is 13.0. The van der Waals surface area contributed by atoms with Crippen molar-refractivity contribution in [3.05, 3.63) is 29.3 Å². The number of aliphatic hydroxyl groups excluding tert-OH is 3. The van der Waals surface area contributed by atoms with E-state index in [2.05, 4.69) is 0 Å². The summed E-state index contributed by atoms with van der Waals surface area (Å²) in [5.74, 6) is 0.465. The smallest absolute Gasteiger partial charge is 0.169 e. The van der Waals surface area contributed by atoms with E-state index in [1.807, 2.05) is 0 Å². The first-order valence-electron chi connectivity index (χ1n) is 5.90.